The van der Waals surface area contributed by atoms with Crippen molar-refractivity contribution in [3.8, 4) is 6.07 Å². The van der Waals surface area contributed by atoms with Crippen LogP contribution in [0.1, 0.15) is 12.0 Å². The van der Waals surface area contributed by atoms with Crippen LogP contribution in [0.3, 0.4) is 0 Å². The first kappa shape index (κ1) is 16.2. The summed E-state index contributed by atoms with van der Waals surface area (Å²) >= 11 is 0.983. The van der Waals surface area contributed by atoms with E-state index in [1.54, 1.807) is 6.07 Å². The fraction of sp³-hybridized carbons (Fsp3) is 0.308. The van der Waals surface area contributed by atoms with Crippen LogP contribution >= 0.6 is 11.8 Å². The molecule has 0 bridgehead atoms. The molecule has 5 nitrogen and oxygen atoms in total. The van der Waals surface area contributed by atoms with Crippen molar-refractivity contribution in [3.63, 3.8) is 0 Å². The molecule has 1 heterocycles. The molecule has 1 atom stereocenters. The topological polar surface area (TPSA) is 79.2 Å². The molecule has 9 heteroatoms. The van der Waals surface area contributed by atoms with Crippen LogP contribution in [0, 0.1) is 11.3 Å². The number of halogens is 3. The minimum atomic E-state index is -4.50. The molecule has 1 N–H and O–H groups in total. The fourth-order valence-electron chi connectivity index (χ4n) is 1.78. The first-order valence-corrected chi connectivity index (χ1v) is 6.90. The number of thioether (sulfide) groups is 1. The lowest BCUT2D eigenvalue weighted by atomic mass is 10.1. The maximum atomic E-state index is 12.6. The Balaban J connectivity index is 2.12. The fourth-order valence-corrected chi connectivity index (χ4v) is 2.86. The minimum Gasteiger partial charge on any atom is -0.450 e. The number of hydrogen-bond donors (Lipinski definition) is 1. The van der Waals surface area contributed by atoms with Crippen LogP contribution in [0.4, 0.5) is 18.9 Å². The van der Waals surface area contributed by atoms with Gasteiger partial charge in [0.25, 0.3) is 0 Å². The minimum absolute atomic E-state index is 0.0615. The molecule has 0 saturated heterocycles. The van der Waals surface area contributed by atoms with Crippen molar-refractivity contribution in [3.05, 3.63) is 23.8 Å². The van der Waals surface area contributed by atoms with E-state index in [4.69, 9.17) is 5.26 Å². The second-order valence-corrected chi connectivity index (χ2v) is 5.57. The van der Waals surface area contributed by atoms with Crippen LogP contribution in [0.2, 0.25) is 0 Å². The van der Waals surface area contributed by atoms with Crippen molar-refractivity contribution in [1.82, 2.24) is 0 Å². The maximum Gasteiger partial charge on any atom is 0.416 e. The Bertz CT molecular complexity index is 655. The highest BCUT2D eigenvalue weighted by Crippen LogP contribution is 2.40. The molecule has 0 radical (unpaired) electrons. The molecule has 0 aliphatic carbocycles. The number of ether oxygens (including phenoxy) is 1. The van der Waals surface area contributed by atoms with Gasteiger partial charge < -0.3 is 10.1 Å². The van der Waals surface area contributed by atoms with Crippen LogP contribution in [-0.4, -0.2) is 23.7 Å². The van der Waals surface area contributed by atoms with E-state index >= 15 is 0 Å². The van der Waals surface area contributed by atoms with Gasteiger partial charge in [-0.25, -0.2) is 0 Å². The van der Waals surface area contributed by atoms with Gasteiger partial charge in [-0.1, -0.05) is 0 Å². The summed E-state index contributed by atoms with van der Waals surface area (Å²) in [5.41, 5.74) is -0.800. The zero-order chi connectivity index (χ0) is 16.3. The number of rotatable bonds is 3. The molecule has 0 fully saturated rings. The Morgan fingerprint density at radius 1 is 1.45 bits per heavy atom. The van der Waals surface area contributed by atoms with Gasteiger partial charge in [0, 0.05) is 4.90 Å². The third-order valence-corrected chi connectivity index (χ3v) is 4.05. The Hall–Kier alpha value is -2.21. The van der Waals surface area contributed by atoms with Gasteiger partial charge >= 0.3 is 12.1 Å². The zero-order valence-electron chi connectivity index (χ0n) is 10.9. The Morgan fingerprint density at radius 2 is 2.18 bits per heavy atom. The molecule has 1 aliphatic heterocycles. The van der Waals surface area contributed by atoms with Crippen molar-refractivity contribution in [2.45, 2.75) is 22.7 Å². The second kappa shape index (κ2) is 6.27. The normalized spacial score (nSPS) is 17.2. The molecule has 0 saturated carbocycles. The van der Waals surface area contributed by atoms with Crippen LogP contribution < -0.4 is 5.32 Å². The first-order chi connectivity index (χ1) is 10.3. The predicted octanol–water partition coefficient (Wildman–Crippen LogP) is 2.58. The quantitative estimate of drug-likeness (QED) is 0.862. The molecular formula is C13H9F3N2O3S. The monoisotopic (exact) mass is 330 g/mol. The van der Waals surface area contributed by atoms with Crippen LogP contribution in [0.25, 0.3) is 0 Å². The Morgan fingerprint density at radius 3 is 2.82 bits per heavy atom. The summed E-state index contributed by atoms with van der Waals surface area (Å²) < 4.78 is 42.4. The van der Waals surface area contributed by atoms with Gasteiger partial charge in [0.05, 0.1) is 22.9 Å². The summed E-state index contributed by atoms with van der Waals surface area (Å²) in [5, 5.41) is 9.83. The molecule has 2 rings (SSSR count). The SMILES string of the molecule is N#CCOC(=O)CC1Sc2ccc(C(F)(F)F)cc2NC1=O. The van der Waals surface area contributed by atoms with Crippen molar-refractivity contribution in [1.29, 1.82) is 5.26 Å². The average molecular weight is 330 g/mol. The summed E-state index contributed by atoms with van der Waals surface area (Å²) in [7, 11) is 0. The lowest BCUT2D eigenvalue weighted by Gasteiger charge is -2.24. The number of alkyl halides is 3. The van der Waals surface area contributed by atoms with E-state index in [9.17, 15) is 22.8 Å². The first-order valence-electron chi connectivity index (χ1n) is 6.02. The number of benzene rings is 1. The largest absolute Gasteiger partial charge is 0.450 e. The number of carbonyl (C=O) groups is 2. The van der Waals surface area contributed by atoms with Crippen molar-refractivity contribution >= 4 is 29.3 Å². The molecule has 0 spiro atoms. The van der Waals surface area contributed by atoms with E-state index < -0.39 is 35.5 Å². The number of nitriles is 1. The van der Waals surface area contributed by atoms with E-state index in [1.807, 2.05) is 0 Å². The number of anilines is 1. The van der Waals surface area contributed by atoms with Gasteiger partial charge in [-0.15, -0.1) is 11.8 Å². The van der Waals surface area contributed by atoms with E-state index in [0.29, 0.717) is 4.90 Å². The number of nitrogens with one attached hydrogen (secondary N) is 1. The van der Waals surface area contributed by atoms with Crippen LogP contribution in [0.5, 0.6) is 0 Å². The third kappa shape index (κ3) is 3.71. The summed E-state index contributed by atoms with van der Waals surface area (Å²) in [6.07, 6.45) is -4.76. The van der Waals surface area contributed by atoms with Crippen LogP contribution in [-0.2, 0) is 20.5 Å². The Kier molecular flexibility index (Phi) is 4.61. The van der Waals surface area contributed by atoms with E-state index in [0.717, 1.165) is 23.9 Å². The smallest absolute Gasteiger partial charge is 0.416 e. The molecule has 1 aromatic rings. The van der Waals surface area contributed by atoms with Crippen molar-refractivity contribution in [2.24, 2.45) is 0 Å². The van der Waals surface area contributed by atoms with E-state index in [-0.39, 0.29) is 12.1 Å². The number of amides is 1. The van der Waals surface area contributed by atoms with E-state index in [2.05, 4.69) is 10.1 Å². The van der Waals surface area contributed by atoms with Gasteiger partial charge in [0.15, 0.2) is 6.61 Å². The molecule has 1 amide bonds. The van der Waals surface area contributed by atoms with Gasteiger partial charge in [-0.05, 0) is 18.2 Å². The third-order valence-electron chi connectivity index (χ3n) is 2.78. The maximum absolute atomic E-state index is 12.6. The predicted molar refractivity (Wildman–Crippen MR) is 70.9 cm³/mol. The van der Waals surface area contributed by atoms with Gasteiger partial charge in [0.2, 0.25) is 5.91 Å². The van der Waals surface area contributed by atoms with Gasteiger partial charge in [0.1, 0.15) is 6.07 Å². The molecule has 1 aliphatic rings. The number of hydrogen-bond acceptors (Lipinski definition) is 5. The molecular weight excluding hydrogens is 321 g/mol. The number of carbonyl (C=O) groups excluding carboxylic acids is 2. The molecule has 0 aromatic heterocycles. The Labute approximate surface area is 127 Å². The van der Waals surface area contributed by atoms with Crippen molar-refractivity contribution in [2.75, 3.05) is 11.9 Å². The van der Waals surface area contributed by atoms with Gasteiger partial charge in [-0.2, -0.15) is 18.4 Å². The summed E-state index contributed by atoms with van der Waals surface area (Å²) in [4.78, 5) is 23.7. The number of nitrogens with zero attached hydrogens (tertiary/aromatic N) is 1. The summed E-state index contributed by atoms with van der Waals surface area (Å²) in [6.45, 7) is -0.413. The number of esters is 1. The molecule has 1 unspecified atom stereocenters. The van der Waals surface area contributed by atoms with Crippen molar-refractivity contribution < 1.29 is 27.5 Å². The second-order valence-electron chi connectivity index (χ2n) is 4.33. The average Bonchev–Trinajstić information content (AvgIpc) is 2.44. The van der Waals surface area contributed by atoms with Crippen LogP contribution in [0.15, 0.2) is 23.1 Å². The summed E-state index contributed by atoms with van der Waals surface area (Å²) in [5.74, 6) is -1.30. The van der Waals surface area contributed by atoms with E-state index in [1.165, 1.54) is 6.07 Å². The molecule has 116 valence electrons. The molecule has 22 heavy (non-hydrogen) atoms. The highest BCUT2D eigenvalue weighted by atomic mass is 32.2. The lowest BCUT2D eigenvalue weighted by Crippen LogP contribution is -2.31. The zero-order valence-corrected chi connectivity index (χ0v) is 11.8. The number of fused-ring (bicyclic) bond motifs is 1. The highest BCUT2D eigenvalue weighted by Gasteiger charge is 2.34. The highest BCUT2D eigenvalue weighted by molar-refractivity contribution is 8.01. The summed E-state index contributed by atoms with van der Waals surface area (Å²) in [6, 6.07) is 4.63. The van der Waals surface area contributed by atoms with Gasteiger partial charge in [-0.3, -0.25) is 9.59 Å². The standard InChI is InChI=1S/C13H9F3N2O3S/c14-13(15,16)7-1-2-9-8(5-7)18-12(20)10(22-9)6-11(19)21-4-3-17/h1-2,5,10H,4,6H2,(H,18,20). The lowest BCUT2D eigenvalue weighted by molar-refractivity contribution is -0.143. The molecule has 1 aromatic carbocycles.